The highest BCUT2D eigenvalue weighted by Crippen LogP contribution is 2.21. The molecule has 0 aromatic rings. The summed E-state index contributed by atoms with van der Waals surface area (Å²) < 4.78 is 0. The fourth-order valence-corrected chi connectivity index (χ4v) is 1.56. The molecule has 0 aromatic heterocycles. The van der Waals surface area contributed by atoms with Gasteiger partial charge >= 0.3 is 0 Å². The topological polar surface area (TPSA) is 0 Å². The van der Waals surface area contributed by atoms with Crippen LogP contribution in [0.4, 0.5) is 0 Å². The van der Waals surface area contributed by atoms with Crippen LogP contribution >= 0.6 is 0 Å². The molecule has 0 aliphatic heterocycles. The lowest BCUT2D eigenvalue weighted by molar-refractivity contribution is 0.826. The summed E-state index contributed by atoms with van der Waals surface area (Å²) in [4.78, 5) is 0. The van der Waals surface area contributed by atoms with E-state index >= 15 is 0 Å². The van der Waals surface area contributed by atoms with E-state index in [0.29, 0.717) is 11.8 Å². The Hall–Kier alpha value is -1.30. The van der Waals surface area contributed by atoms with Crippen molar-refractivity contribution in [2.45, 2.75) is 20.8 Å². The summed E-state index contributed by atoms with van der Waals surface area (Å²) in [7, 11) is 0. The molecule has 0 saturated carbocycles. The molecule has 0 saturated heterocycles. The Kier molecular flexibility index (Phi) is 4.36. The Morgan fingerprint density at radius 2 is 1.80 bits per heavy atom. The van der Waals surface area contributed by atoms with Crippen molar-refractivity contribution in [1.29, 1.82) is 0 Å². The molecule has 0 radical (unpaired) electrons. The summed E-state index contributed by atoms with van der Waals surface area (Å²) in [5.41, 5.74) is 2.55. The molecule has 1 unspecified atom stereocenters. The van der Waals surface area contributed by atoms with Gasteiger partial charge in [-0.15, -0.1) is 0 Å². The molecule has 1 aliphatic carbocycles. The van der Waals surface area contributed by atoms with Crippen molar-refractivity contribution in [2.24, 2.45) is 11.8 Å². The predicted octanol–water partition coefficient (Wildman–Crippen LogP) is 4.44. The van der Waals surface area contributed by atoms with Crippen molar-refractivity contribution >= 4 is 0 Å². The smallest absolute Gasteiger partial charge is 0.00752 e. The second-order valence-electron chi connectivity index (χ2n) is 4.30. The summed E-state index contributed by atoms with van der Waals surface area (Å²) >= 11 is 0. The first-order valence-corrected chi connectivity index (χ1v) is 5.54. The zero-order valence-corrected chi connectivity index (χ0v) is 9.90. The monoisotopic (exact) mass is 200 g/mol. The maximum absolute atomic E-state index is 3.76. The quantitative estimate of drug-likeness (QED) is 0.618. The third-order valence-electron chi connectivity index (χ3n) is 2.30. The van der Waals surface area contributed by atoms with Gasteiger partial charge in [0.2, 0.25) is 0 Å². The molecular formula is C15H20. The van der Waals surface area contributed by atoms with Gasteiger partial charge in [0.25, 0.3) is 0 Å². The van der Waals surface area contributed by atoms with Gasteiger partial charge in [0.1, 0.15) is 0 Å². The van der Waals surface area contributed by atoms with Crippen LogP contribution in [0.1, 0.15) is 20.8 Å². The highest BCUT2D eigenvalue weighted by atomic mass is 14.1. The minimum absolute atomic E-state index is 0.510. The third kappa shape index (κ3) is 3.75. The van der Waals surface area contributed by atoms with Gasteiger partial charge in [-0.3, -0.25) is 0 Å². The van der Waals surface area contributed by atoms with Gasteiger partial charge < -0.3 is 0 Å². The summed E-state index contributed by atoms with van der Waals surface area (Å²) in [6.07, 6.45) is 15.0. The Balaban J connectivity index is 3.10. The van der Waals surface area contributed by atoms with Gasteiger partial charge in [-0.25, -0.2) is 0 Å². The second kappa shape index (κ2) is 5.55. The molecule has 15 heavy (non-hydrogen) atoms. The molecule has 1 aliphatic rings. The molecule has 0 aromatic carbocycles. The first-order valence-electron chi connectivity index (χ1n) is 5.54. The van der Waals surface area contributed by atoms with E-state index in [2.05, 4.69) is 63.8 Å². The third-order valence-corrected chi connectivity index (χ3v) is 2.30. The average Bonchev–Trinajstić information content (AvgIpc) is 2.32. The van der Waals surface area contributed by atoms with Crippen LogP contribution in [0.25, 0.3) is 0 Å². The number of rotatable bonds is 2. The van der Waals surface area contributed by atoms with Gasteiger partial charge in [-0.2, -0.15) is 0 Å². The van der Waals surface area contributed by atoms with Gasteiger partial charge in [0.05, 0.1) is 0 Å². The summed E-state index contributed by atoms with van der Waals surface area (Å²) in [6, 6.07) is 0. The van der Waals surface area contributed by atoms with E-state index in [1.165, 1.54) is 11.1 Å². The molecule has 80 valence electrons. The molecule has 0 N–H and O–H groups in total. The van der Waals surface area contributed by atoms with Crippen molar-refractivity contribution < 1.29 is 0 Å². The average molecular weight is 200 g/mol. The van der Waals surface area contributed by atoms with Crippen LogP contribution in [0, 0.1) is 11.8 Å². The molecule has 0 heterocycles. The number of hydrogen-bond donors (Lipinski definition) is 0. The highest BCUT2D eigenvalue weighted by molar-refractivity contribution is 5.50. The van der Waals surface area contributed by atoms with E-state index in [-0.39, 0.29) is 0 Å². The van der Waals surface area contributed by atoms with Crippen LogP contribution in [0.2, 0.25) is 0 Å². The maximum atomic E-state index is 3.76. The fourth-order valence-electron chi connectivity index (χ4n) is 1.56. The highest BCUT2D eigenvalue weighted by Gasteiger charge is 2.04. The van der Waals surface area contributed by atoms with Crippen LogP contribution in [-0.4, -0.2) is 0 Å². The molecule has 1 atom stereocenters. The van der Waals surface area contributed by atoms with Crippen LogP contribution < -0.4 is 0 Å². The Labute approximate surface area is 93.4 Å². The first kappa shape index (κ1) is 11.8. The SMILES string of the molecule is C=C/C=C1/C=CC(C)C=C/C1=C/C(C)C. The standard InChI is InChI=1S/C15H20/c1-5-6-14-9-7-13(4)8-10-15(14)11-12(2)3/h5-13H,1H2,2-4H3/b14-6-,15-11-. The van der Waals surface area contributed by atoms with Crippen LogP contribution in [0.5, 0.6) is 0 Å². The first-order chi connectivity index (χ1) is 7.13. The van der Waals surface area contributed by atoms with E-state index in [4.69, 9.17) is 0 Å². The molecule has 0 bridgehead atoms. The van der Waals surface area contributed by atoms with E-state index < -0.39 is 0 Å². The predicted molar refractivity (Wildman–Crippen MR) is 68.6 cm³/mol. The Morgan fingerprint density at radius 3 is 2.33 bits per heavy atom. The van der Waals surface area contributed by atoms with E-state index in [0.717, 1.165) is 0 Å². The minimum atomic E-state index is 0.510. The summed E-state index contributed by atoms with van der Waals surface area (Å²) in [5.74, 6) is 1.08. The van der Waals surface area contributed by atoms with Crippen molar-refractivity contribution in [3.8, 4) is 0 Å². The Morgan fingerprint density at radius 1 is 1.20 bits per heavy atom. The molecular weight excluding hydrogens is 180 g/mol. The van der Waals surface area contributed by atoms with E-state index in [1.807, 2.05) is 6.08 Å². The lowest BCUT2D eigenvalue weighted by atomic mass is 10.0. The van der Waals surface area contributed by atoms with Crippen LogP contribution in [0.3, 0.4) is 0 Å². The second-order valence-corrected chi connectivity index (χ2v) is 4.30. The summed E-state index contributed by atoms with van der Waals surface area (Å²) in [5, 5.41) is 0. The Bertz CT molecular complexity index is 335. The van der Waals surface area contributed by atoms with Crippen molar-refractivity contribution in [1.82, 2.24) is 0 Å². The van der Waals surface area contributed by atoms with Gasteiger partial charge in [-0.1, -0.05) is 69.9 Å². The largest absolute Gasteiger partial charge is 0.0990 e. The number of hydrogen-bond acceptors (Lipinski definition) is 0. The lowest BCUT2D eigenvalue weighted by Crippen LogP contribution is -1.87. The molecule has 0 fully saturated rings. The van der Waals surface area contributed by atoms with Crippen molar-refractivity contribution in [2.75, 3.05) is 0 Å². The zero-order chi connectivity index (χ0) is 11.3. The zero-order valence-electron chi connectivity index (χ0n) is 9.90. The fraction of sp³-hybridized carbons (Fsp3) is 0.333. The molecule has 0 amide bonds. The number of allylic oxidation sites excluding steroid dienone is 9. The van der Waals surface area contributed by atoms with Gasteiger partial charge in [0, 0.05) is 0 Å². The van der Waals surface area contributed by atoms with E-state index in [1.54, 1.807) is 0 Å². The van der Waals surface area contributed by atoms with Crippen molar-refractivity contribution in [3.63, 3.8) is 0 Å². The molecule has 0 spiro atoms. The molecule has 0 nitrogen and oxygen atoms in total. The van der Waals surface area contributed by atoms with Gasteiger partial charge in [-0.05, 0) is 23.0 Å². The van der Waals surface area contributed by atoms with Gasteiger partial charge in [0.15, 0.2) is 0 Å². The van der Waals surface area contributed by atoms with Crippen molar-refractivity contribution in [3.05, 3.63) is 60.3 Å². The van der Waals surface area contributed by atoms with Crippen LogP contribution in [0.15, 0.2) is 60.3 Å². The minimum Gasteiger partial charge on any atom is -0.0990 e. The molecule has 0 heteroatoms. The van der Waals surface area contributed by atoms with Crippen LogP contribution in [-0.2, 0) is 0 Å². The summed E-state index contributed by atoms with van der Waals surface area (Å²) in [6.45, 7) is 10.3. The normalized spacial score (nSPS) is 26.3. The van der Waals surface area contributed by atoms with E-state index in [9.17, 15) is 0 Å². The lowest BCUT2D eigenvalue weighted by Gasteiger charge is -2.04. The molecule has 1 rings (SSSR count). The maximum Gasteiger partial charge on any atom is -0.00752 e.